The number of urea groups is 1. The molecule has 0 aliphatic carbocycles. The van der Waals surface area contributed by atoms with Crippen LogP contribution in [-0.4, -0.2) is 42.8 Å². The van der Waals surface area contributed by atoms with Crippen LogP contribution in [0.1, 0.15) is 32.6 Å². The Balaban J connectivity index is 1.83. The van der Waals surface area contributed by atoms with Gasteiger partial charge in [0.1, 0.15) is 0 Å². The van der Waals surface area contributed by atoms with E-state index in [1.54, 1.807) is 0 Å². The molecule has 0 spiro atoms. The number of nitrogens with zero attached hydrogens (tertiary/aromatic N) is 1. The first kappa shape index (κ1) is 10.7. The number of carbonyl (C=O) groups excluding carboxylic acids is 1. The highest BCUT2D eigenvalue weighted by Gasteiger charge is 2.26. The highest BCUT2D eigenvalue weighted by molar-refractivity contribution is 5.75. The molecule has 86 valence electrons. The molecule has 2 aliphatic heterocycles. The Morgan fingerprint density at radius 2 is 2.27 bits per heavy atom. The number of ether oxygens (including phenoxy) is 1. The molecule has 0 aromatic heterocycles. The highest BCUT2D eigenvalue weighted by Crippen LogP contribution is 2.16. The third kappa shape index (κ3) is 2.62. The first-order chi connectivity index (χ1) is 7.27. The van der Waals surface area contributed by atoms with Crippen molar-refractivity contribution in [2.24, 2.45) is 0 Å². The molecule has 0 aromatic rings. The summed E-state index contributed by atoms with van der Waals surface area (Å²) in [4.78, 5) is 13.9. The summed E-state index contributed by atoms with van der Waals surface area (Å²) in [6.45, 7) is 4.49. The SMILES string of the molecule is CC1CCCCN1C(=O)NC1CCOC1. The molecule has 2 atom stereocenters. The molecule has 2 amide bonds. The largest absolute Gasteiger partial charge is 0.379 e. The Morgan fingerprint density at radius 1 is 1.40 bits per heavy atom. The minimum atomic E-state index is 0.0951. The van der Waals surface area contributed by atoms with E-state index in [1.165, 1.54) is 6.42 Å². The molecule has 2 saturated heterocycles. The molecule has 4 heteroatoms. The van der Waals surface area contributed by atoms with Gasteiger partial charge in [0, 0.05) is 19.2 Å². The Morgan fingerprint density at radius 3 is 2.93 bits per heavy atom. The lowest BCUT2D eigenvalue weighted by Gasteiger charge is -2.34. The Kier molecular flexibility index (Phi) is 3.46. The molecule has 0 bridgehead atoms. The second-order valence-corrected chi connectivity index (χ2v) is 4.55. The lowest BCUT2D eigenvalue weighted by Crippen LogP contribution is -2.50. The van der Waals surface area contributed by atoms with Crippen LogP contribution in [0.4, 0.5) is 4.79 Å². The molecule has 2 unspecified atom stereocenters. The number of piperidine rings is 1. The van der Waals surface area contributed by atoms with Crippen molar-refractivity contribution in [2.45, 2.75) is 44.7 Å². The number of hydrogen-bond donors (Lipinski definition) is 1. The van der Waals surface area contributed by atoms with E-state index in [4.69, 9.17) is 4.74 Å². The zero-order valence-electron chi connectivity index (χ0n) is 9.37. The van der Waals surface area contributed by atoms with E-state index in [-0.39, 0.29) is 12.1 Å². The number of nitrogens with one attached hydrogen (secondary N) is 1. The van der Waals surface area contributed by atoms with E-state index in [0.29, 0.717) is 12.6 Å². The van der Waals surface area contributed by atoms with E-state index in [0.717, 1.165) is 32.4 Å². The van der Waals surface area contributed by atoms with Gasteiger partial charge in [0.2, 0.25) is 0 Å². The normalized spacial score (nSPS) is 31.7. The van der Waals surface area contributed by atoms with E-state index < -0.39 is 0 Å². The fourth-order valence-corrected chi connectivity index (χ4v) is 2.31. The number of rotatable bonds is 1. The van der Waals surface area contributed by atoms with Gasteiger partial charge >= 0.3 is 6.03 Å². The van der Waals surface area contributed by atoms with Gasteiger partial charge in [-0.25, -0.2) is 4.79 Å². The van der Waals surface area contributed by atoms with Crippen molar-refractivity contribution in [1.82, 2.24) is 10.2 Å². The first-order valence-corrected chi connectivity index (χ1v) is 5.92. The van der Waals surface area contributed by atoms with E-state index in [2.05, 4.69) is 12.2 Å². The van der Waals surface area contributed by atoms with Gasteiger partial charge < -0.3 is 15.0 Å². The van der Waals surface area contributed by atoms with Crippen LogP contribution >= 0.6 is 0 Å². The van der Waals surface area contributed by atoms with Crippen LogP contribution in [-0.2, 0) is 4.74 Å². The molecular weight excluding hydrogens is 192 g/mol. The van der Waals surface area contributed by atoms with Crippen molar-refractivity contribution >= 4 is 6.03 Å². The summed E-state index contributed by atoms with van der Waals surface area (Å²) in [5.41, 5.74) is 0. The van der Waals surface area contributed by atoms with Crippen molar-refractivity contribution in [1.29, 1.82) is 0 Å². The van der Waals surface area contributed by atoms with Gasteiger partial charge in [0.25, 0.3) is 0 Å². The second-order valence-electron chi connectivity index (χ2n) is 4.55. The molecule has 2 fully saturated rings. The number of likely N-dealkylation sites (tertiary alicyclic amines) is 1. The molecular formula is C11H20N2O2. The maximum absolute atomic E-state index is 11.9. The van der Waals surface area contributed by atoms with Crippen LogP contribution in [0.5, 0.6) is 0 Å². The van der Waals surface area contributed by atoms with Crippen molar-refractivity contribution in [3.63, 3.8) is 0 Å². The Bertz CT molecular complexity index is 227. The van der Waals surface area contributed by atoms with Crippen LogP contribution in [0, 0.1) is 0 Å². The molecule has 0 aromatic carbocycles. The fourth-order valence-electron chi connectivity index (χ4n) is 2.31. The third-order valence-electron chi connectivity index (χ3n) is 3.32. The lowest BCUT2D eigenvalue weighted by atomic mass is 10.0. The Labute approximate surface area is 91.0 Å². The highest BCUT2D eigenvalue weighted by atomic mass is 16.5. The summed E-state index contributed by atoms with van der Waals surface area (Å²) in [7, 11) is 0. The maximum atomic E-state index is 11.9. The van der Waals surface area contributed by atoms with Gasteiger partial charge in [0.05, 0.1) is 12.6 Å². The summed E-state index contributed by atoms with van der Waals surface area (Å²) < 4.78 is 5.24. The smallest absolute Gasteiger partial charge is 0.317 e. The standard InChI is InChI=1S/C11H20N2O2/c1-9-4-2-3-6-13(9)11(14)12-10-5-7-15-8-10/h9-10H,2-8H2,1H3,(H,12,14). The van der Waals surface area contributed by atoms with Gasteiger partial charge in [-0.15, -0.1) is 0 Å². The minimum Gasteiger partial charge on any atom is -0.379 e. The lowest BCUT2D eigenvalue weighted by molar-refractivity contribution is 0.150. The van der Waals surface area contributed by atoms with Crippen molar-refractivity contribution in [3.05, 3.63) is 0 Å². The average molecular weight is 212 g/mol. The molecule has 2 aliphatic rings. The van der Waals surface area contributed by atoms with Crippen LogP contribution < -0.4 is 5.32 Å². The molecule has 2 rings (SSSR count). The zero-order chi connectivity index (χ0) is 10.7. The van der Waals surface area contributed by atoms with Crippen LogP contribution in [0.15, 0.2) is 0 Å². The van der Waals surface area contributed by atoms with E-state index in [1.807, 2.05) is 4.90 Å². The molecule has 4 nitrogen and oxygen atoms in total. The van der Waals surface area contributed by atoms with Crippen LogP contribution in [0.2, 0.25) is 0 Å². The topological polar surface area (TPSA) is 41.6 Å². The number of carbonyl (C=O) groups is 1. The van der Waals surface area contributed by atoms with Gasteiger partial charge in [-0.3, -0.25) is 0 Å². The Hall–Kier alpha value is -0.770. The third-order valence-corrected chi connectivity index (χ3v) is 3.32. The quantitative estimate of drug-likeness (QED) is 0.713. The fraction of sp³-hybridized carbons (Fsp3) is 0.909. The van der Waals surface area contributed by atoms with E-state index >= 15 is 0 Å². The summed E-state index contributed by atoms with van der Waals surface area (Å²) in [5.74, 6) is 0. The molecule has 1 N–H and O–H groups in total. The first-order valence-electron chi connectivity index (χ1n) is 5.92. The summed E-state index contributed by atoms with van der Waals surface area (Å²) in [6.07, 6.45) is 4.47. The summed E-state index contributed by atoms with van der Waals surface area (Å²) in [5, 5.41) is 3.04. The molecule has 2 heterocycles. The molecule has 0 saturated carbocycles. The van der Waals surface area contributed by atoms with Crippen LogP contribution in [0.3, 0.4) is 0 Å². The van der Waals surface area contributed by atoms with Crippen molar-refractivity contribution < 1.29 is 9.53 Å². The number of hydrogen-bond acceptors (Lipinski definition) is 2. The van der Waals surface area contributed by atoms with Crippen molar-refractivity contribution in [3.8, 4) is 0 Å². The zero-order valence-corrected chi connectivity index (χ0v) is 9.37. The number of amides is 2. The average Bonchev–Trinajstić information content (AvgIpc) is 2.71. The maximum Gasteiger partial charge on any atom is 0.317 e. The predicted octanol–water partition coefficient (Wildman–Crippen LogP) is 1.36. The monoisotopic (exact) mass is 212 g/mol. The van der Waals surface area contributed by atoms with E-state index in [9.17, 15) is 4.79 Å². The molecule has 0 radical (unpaired) electrons. The molecule has 15 heavy (non-hydrogen) atoms. The summed E-state index contributed by atoms with van der Waals surface area (Å²) in [6, 6.07) is 0.713. The minimum absolute atomic E-state index is 0.0951. The van der Waals surface area contributed by atoms with Gasteiger partial charge in [-0.2, -0.15) is 0 Å². The van der Waals surface area contributed by atoms with Gasteiger partial charge in [-0.05, 0) is 32.6 Å². The predicted molar refractivity (Wildman–Crippen MR) is 57.8 cm³/mol. The van der Waals surface area contributed by atoms with Gasteiger partial charge in [0.15, 0.2) is 0 Å². The second kappa shape index (κ2) is 4.84. The van der Waals surface area contributed by atoms with Crippen molar-refractivity contribution in [2.75, 3.05) is 19.8 Å². The summed E-state index contributed by atoms with van der Waals surface area (Å²) >= 11 is 0. The van der Waals surface area contributed by atoms with Gasteiger partial charge in [-0.1, -0.05) is 0 Å². The van der Waals surface area contributed by atoms with Crippen LogP contribution in [0.25, 0.3) is 0 Å².